The molecular weight excluding hydrogens is 368 g/mol. The molecule has 1 fully saturated rings. The minimum absolute atomic E-state index is 0.0379. The number of carbonyl (C=O) groups excluding carboxylic acids is 2. The number of amides is 2. The molecule has 1 aromatic heterocycles. The number of rotatable bonds is 2. The Balaban J connectivity index is 1.53. The van der Waals surface area contributed by atoms with Crippen molar-refractivity contribution in [2.45, 2.75) is 25.8 Å². The molecule has 0 spiro atoms. The van der Waals surface area contributed by atoms with Crippen LogP contribution in [0.5, 0.6) is 5.75 Å². The number of carbonyl (C=O) groups is 2. The largest absolute Gasteiger partial charge is 0.490 e. The molecule has 0 bridgehead atoms. The van der Waals surface area contributed by atoms with Gasteiger partial charge in [-0.2, -0.15) is 0 Å². The molecule has 0 saturated carbocycles. The summed E-state index contributed by atoms with van der Waals surface area (Å²) in [5.74, 6) is 0.933. The fourth-order valence-electron chi connectivity index (χ4n) is 3.81. The molecule has 0 aliphatic carbocycles. The Morgan fingerprint density at radius 3 is 2.90 bits per heavy atom. The summed E-state index contributed by atoms with van der Waals surface area (Å²) in [6.45, 7) is 6.65. The van der Waals surface area contributed by atoms with E-state index in [1.165, 1.54) is 0 Å². The maximum absolute atomic E-state index is 12.8. The van der Waals surface area contributed by atoms with E-state index >= 15 is 0 Å². The molecule has 1 atom stereocenters. The Morgan fingerprint density at radius 2 is 2.14 bits per heavy atom. The monoisotopic (exact) mass is 394 g/mol. The Kier molecular flexibility index (Phi) is 5.49. The van der Waals surface area contributed by atoms with Crippen LogP contribution in [-0.4, -0.2) is 65.4 Å². The number of hydrogen-bond acceptors (Lipinski definition) is 5. The first-order valence-corrected chi connectivity index (χ1v) is 10.0. The zero-order chi connectivity index (χ0) is 20.4. The minimum Gasteiger partial charge on any atom is -0.490 e. The molecule has 1 aromatic carbocycles. The predicted molar refractivity (Wildman–Crippen MR) is 110 cm³/mol. The van der Waals surface area contributed by atoms with Crippen molar-refractivity contribution in [3.63, 3.8) is 0 Å². The molecule has 2 amide bonds. The normalized spacial score (nSPS) is 19.9. The highest BCUT2D eigenvalue weighted by atomic mass is 16.5. The number of aromatic nitrogens is 1. The van der Waals surface area contributed by atoms with Gasteiger partial charge in [0.2, 0.25) is 5.91 Å². The summed E-state index contributed by atoms with van der Waals surface area (Å²) in [6.07, 6.45) is 3.24. The van der Waals surface area contributed by atoms with Gasteiger partial charge < -0.3 is 15.0 Å². The van der Waals surface area contributed by atoms with Crippen LogP contribution in [0.15, 0.2) is 42.7 Å². The van der Waals surface area contributed by atoms with E-state index in [-0.39, 0.29) is 24.4 Å². The molecule has 0 radical (unpaired) electrons. The fourth-order valence-corrected chi connectivity index (χ4v) is 3.81. The molecule has 2 aromatic rings. The standard InChI is InChI=1S/C22H26N4O3/c1-15(2)16-5-6-20-19(10-16)24-21(27)13-25-8-9-26(12-18(25)14-29-20)22(28)17-4-3-7-23-11-17/h3-7,10-11,15,18H,8-9,12-14H2,1-2H3,(H,24,27)/t18-/m0/s1. The van der Waals surface area contributed by atoms with Crippen molar-refractivity contribution in [1.82, 2.24) is 14.8 Å². The first-order valence-electron chi connectivity index (χ1n) is 10.0. The van der Waals surface area contributed by atoms with Crippen LogP contribution in [0.3, 0.4) is 0 Å². The van der Waals surface area contributed by atoms with Gasteiger partial charge in [-0.25, -0.2) is 0 Å². The first-order chi connectivity index (χ1) is 14.0. The molecule has 0 unspecified atom stereocenters. The number of pyridine rings is 1. The lowest BCUT2D eigenvalue weighted by Crippen LogP contribution is -2.57. The molecule has 2 aliphatic rings. The van der Waals surface area contributed by atoms with Crippen LogP contribution in [0.1, 0.15) is 35.7 Å². The van der Waals surface area contributed by atoms with Crippen LogP contribution in [0, 0.1) is 0 Å². The van der Waals surface area contributed by atoms with Crippen molar-refractivity contribution in [2.24, 2.45) is 0 Å². The summed E-state index contributed by atoms with van der Waals surface area (Å²) >= 11 is 0. The van der Waals surface area contributed by atoms with Crippen LogP contribution < -0.4 is 10.1 Å². The average molecular weight is 394 g/mol. The quantitative estimate of drug-likeness (QED) is 0.846. The van der Waals surface area contributed by atoms with Crippen LogP contribution in [0.2, 0.25) is 0 Å². The second-order valence-electron chi connectivity index (χ2n) is 7.89. The Hall–Kier alpha value is -2.93. The third-order valence-electron chi connectivity index (χ3n) is 5.52. The average Bonchev–Trinajstić information content (AvgIpc) is 2.79. The lowest BCUT2D eigenvalue weighted by Gasteiger charge is -2.40. The van der Waals surface area contributed by atoms with Crippen molar-refractivity contribution in [3.05, 3.63) is 53.9 Å². The maximum Gasteiger partial charge on any atom is 0.255 e. The van der Waals surface area contributed by atoms with Crippen LogP contribution >= 0.6 is 0 Å². The number of ether oxygens (including phenoxy) is 1. The number of nitrogens with zero attached hydrogens (tertiary/aromatic N) is 3. The highest BCUT2D eigenvalue weighted by Gasteiger charge is 2.33. The van der Waals surface area contributed by atoms with E-state index in [1.807, 2.05) is 23.1 Å². The zero-order valence-corrected chi connectivity index (χ0v) is 16.8. The van der Waals surface area contributed by atoms with Gasteiger partial charge in [0.25, 0.3) is 5.91 Å². The third kappa shape index (κ3) is 4.24. The van der Waals surface area contributed by atoms with Gasteiger partial charge in [-0.1, -0.05) is 19.9 Å². The van der Waals surface area contributed by atoms with E-state index in [9.17, 15) is 9.59 Å². The molecule has 3 heterocycles. The van der Waals surface area contributed by atoms with E-state index in [4.69, 9.17) is 4.74 Å². The van der Waals surface area contributed by atoms with Crippen molar-refractivity contribution in [3.8, 4) is 5.75 Å². The summed E-state index contributed by atoms with van der Waals surface area (Å²) < 4.78 is 6.09. The smallest absolute Gasteiger partial charge is 0.255 e. The van der Waals surface area contributed by atoms with E-state index < -0.39 is 0 Å². The zero-order valence-electron chi connectivity index (χ0n) is 16.8. The predicted octanol–water partition coefficient (Wildman–Crippen LogP) is 2.36. The van der Waals surface area contributed by atoms with Gasteiger partial charge in [0.05, 0.1) is 23.8 Å². The number of nitrogens with one attached hydrogen (secondary N) is 1. The molecule has 152 valence electrons. The number of anilines is 1. The van der Waals surface area contributed by atoms with Gasteiger partial charge in [-0.05, 0) is 35.7 Å². The van der Waals surface area contributed by atoms with Gasteiger partial charge in [-0.3, -0.25) is 19.5 Å². The van der Waals surface area contributed by atoms with Crippen molar-refractivity contribution in [1.29, 1.82) is 0 Å². The van der Waals surface area contributed by atoms with Gasteiger partial charge in [0.1, 0.15) is 12.4 Å². The Bertz CT molecular complexity index is 900. The van der Waals surface area contributed by atoms with E-state index in [0.717, 1.165) is 5.56 Å². The topological polar surface area (TPSA) is 74.8 Å². The number of piperazine rings is 1. The summed E-state index contributed by atoms with van der Waals surface area (Å²) in [7, 11) is 0. The minimum atomic E-state index is -0.0605. The van der Waals surface area contributed by atoms with Gasteiger partial charge >= 0.3 is 0 Å². The van der Waals surface area contributed by atoms with Crippen LogP contribution in [-0.2, 0) is 4.79 Å². The SMILES string of the molecule is CC(C)c1ccc2c(c1)NC(=O)CN1CCN(C(=O)c3cccnc3)C[C@H]1CO2. The molecular formula is C22H26N4O3. The Labute approximate surface area is 170 Å². The van der Waals surface area contributed by atoms with Gasteiger partial charge in [0, 0.05) is 32.0 Å². The summed E-state index contributed by atoms with van der Waals surface area (Å²) in [4.78, 5) is 33.4. The fraction of sp³-hybridized carbons (Fsp3) is 0.409. The summed E-state index contributed by atoms with van der Waals surface area (Å²) in [6, 6.07) is 9.43. The molecule has 1 N–H and O–H groups in total. The van der Waals surface area contributed by atoms with E-state index in [1.54, 1.807) is 24.5 Å². The lowest BCUT2D eigenvalue weighted by molar-refractivity contribution is -0.118. The van der Waals surface area contributed by atoms with Crippen molar-refractivity contribution in [2.75, 3.05) is 38.1 Å². The lowest BCUT2D eigenvalue weighted by atomic mass is 10.0. The van der Waals surface area contributed by atoms with Crippen molar-refractivity contribution >= 4 is 17.5 Å². The van der Waals surface area contributed by atoms with Gasteiger partial charge in [0.15, 0.2) is 0 Å². The third-order valence-corrected chi connectivity index (χ3v) is 5.52. The highest BCUT2D eigenvalue weighted by molar-refractivity contribution is 5.95. The van der Waals surface area contributed by atoms with E-state index in [0.29, 0.717) is 49.2 Å². The van der Waals surface area contributed by atoms with Gasteiger partial charge in [-0.15, -0.1) is 0 Å². The van der Waals surface area contributed by atoms with Crippen LogP contribution in [0.4, 0.5) is 5.69 Å². The summed E-state index contributed by atoms with van der Waals surface area (Å²) in [5, 5.41) is 3.00. The summed E-state index contributed by atoms with van der Waals surface area (Å²) in [5.41, 5.74) is 2.44. The second kappa shape index (κ2) is 8.21. The number of fused-ring (bicyclic) bond motifs is 2. The Morgan fingerprint density at radius 1 is 1.28 bits per heavy atom. The number of benzene rings is 1. The highest BCUT2D eigenvalue weighted by Crippen LogP contribution is 2.30. The molecule has 1 saturated heterocycles. The molecule has 2 aliphatic heterocycles. The number of hydrogen-bond donors (Lipinski definition) is 1. The molecule has 7 heteroatoms. The first kappa shape index (κ1) is 19.4. The molecule has 7 nitrogen and oxygen atoms in total. The van der Waals surface area contributed by atoms with Crippen molar-refractivity contribution < 1.29 is 14.3 Å². The maximum atomic E-state index is 12.8. The van der Waals surface area contributed by atoms with Crippen LogP contribution in [0.25, 0.3) is 0 Å². The molecule has 29 heavy (non-hydrogen) atoms. The van der Waals surface area contributed by atoms with E-state index in [2.05, 4.69) is 29.0 Å². The molecule has 4 rings (SSSR count). The second-order valence-corrected chi connectivity index (χ2v) is 7.89.